The highest BCUT2D eigenvalue weighted by Crippen LogP contribution is 2.35. The van der Waals surface area contributed by atoms with E-state index in [1.54, 1.807) is 11.3 Å². The number of rotatable bonds is 4. The van der Waals surface area contributed by atoms with E-state index in [-0.39, 0.29) is 11.9 Å². The predicted molar refractivity (Wildman–Crippen MR) is 118 cm³/mol. The molecule has 2 atom stereocenters. The summed E-state index contributed by atoms with van der Waals surface area (Å²) in [7, 11) is 0. The van der Waals surface area contributed by atoms with Crippen molar-refractivity contribution in [2.75, 3.05) is 49.1 Å². The SMILES string of the molecule is O=C1[C@@H]2CNCCN2CCN1c1ncc(N2CCCC[C@@H]2Cc2ccccc2)s1. The quantitative estimate of drug-likeness (QED) is 0.837. The Morgan fingerprint density at radius 2 is 2.00 bits per heavy atom. The minimum absolute atomic E-state index is 0.0364. The van der Waals surface area contributed by atoms with Gasteiger partial charge in [-0.1, -0.05) is 41.7 Å². The number of benzene rings is 1. The third-order valence-electron chi connectivity index (χ3n) is 6.45. The second-order valence-corrected chi connectivity index (χ2v) is 9.25. The third kappa shape index (κ3) is 3.91. The molecular formula is C22H29N5OS. The van der Waals surface area contributed by atoms with Crippen molar-refractivity contribution in [3.63, 3.8) is 0 Å². The number of fused-ring (bicyclic) bond motifs is 1. The van der Waals surface area contributed by atoms with E-state index in [0.717, 1.165) is 50.8 Å². The highest BCUT2D eigenvalue weighted by atomic mass is 32.1. The van der Waals surface area contributed by atoms with E-state index in [2.05, 4.69) is 50.4 Å². The summed E-state index contributed by atoms with van der Waals surface area (Å²) in [5, 5.41) is 5.42. The number of hydrogen-bond donors (Lipinski definition) is 1. The number of hydrogen-bond acceptors (Lipinski definition) is 6. The molecule has 6 nitrogen and oxygen atoms in total. The van der Waals surface area contributed by atoms with Gasteiger partial charge in [-0.15, -0.1) is 0 Å². The first-order valence-electron chi connectivity index (χ1n) is 10.8. The minimum Gasteiger partial charge on any atom is -0.359 e. The number of carbonyl (C=O) groups excluding carboxylic acids is 1. The highest BCUT2D eigenvalue weighted by Gasteiger charge is 2.38. The van der Waals surface area contributed by atoms with Crippen LogP contribution in [-0.2, 0) is 11.2 Å². The zero-order valence-corrected chi connectivity index (χ0v) is 17.6. The summed E-state index contributed by atoms with van der Waals surface area (Å²) >= 11 is 1.68. The lowest BCUT2D eigenvalue weighted by Gasteiger charge is -2.42. The standard InChI is InChI=1S/C22H29N5OS/c28-21-19-15-23-9-11-25(19)12-13-27(21)22-24-16-20(29-22)26-10-5-4-8-18(26)14-17-6-2-1-3-7-17/h1-3,6-7,16,18-19,23H,4-5,8-15H2/t18-,19+/m1/s1. The monoisotopic (exact) mass is 411 g/mol. The minimum atomic E-state index is -0.0364. The van der Waals surface area contributed by atoms with Gasteiger partial charge in [-0.3, -0.25) is 14.6 Å². The molecule has 4 heterocycles. The van der Waals surface area contributed by atoms with Crippen LogP contribution in [0.15, 0.2) is 36.5 Å². The fraction of sp³-hybridized carbons (Fsp3) is 0.545. The molecule has 2 aromatic rings. The smallest absolute Gasteiger partial charge is 0.247 e. The molecule has 1 aromatic heterocycles. The Morgan fingerprint density at radius 1 is 1.10 bits per heavy atom. The zero-order valence-electron chi connectivity index (χ0n) is 16.8. The van der Waals surface area contributed by atoms with Gasteiger partial charge in [0, 0.05) is 45.3 Å². The molecule has 1 amide bonds. The van der Waals surface area contributed by atoms with Crippen molar-refractivity contribution in [3.05, 3.63) is 42.1 Å². The lowest BCUT2D eigenvalue weighted by Crippen LogP contribution is -2.64. The molecule has 3 saturated heterocycles. The molecule has 0 radical (unpaired) electrons. The molecule has 1 aromatic carbocycles. The lowest BCUT2D eigenvalue weighted by molar-refractivity contribution is -0.126. The number of carbonyl (C=O) groups is 1. The van der Waals surface area contributed by atoms with Gasteiger partial charge in [-0.2, -0.15) is 0 Å². The van der Waals surface area contributed by atoms with Gasteiger partial charge in [0.05, 0.1) is 6.20 Å². The number of piperazine rings is 2. The highest BCUT2D eigenvalue weighted by molar-refractivity contribution is 7.19. The second kappa shape index (κ2) is 8.42. The summed E-state index contributed by atoms with van der Waals surface area (Å²) in [6.07, 6.45) is 6.79. The van der Waals surface area contributed by atoms with Crippen molar-refractivity contribution in [1.29, 1.82) is 0 Å². The zero-order chi connectivity index (χ0) is 19.6. The van der Waals surface area contributed by atoms with Crippen LogP contribution in [0.3, 0.4) is 0 Å². The molecule has 0 saturated carbocycles. The average Bonchev–Trinajstić information content (AvgIpc) is 3.25. The van der Waals surface area contributed by atoms with Gasteiger partial charge >= 0.3 is 0 Å². The van der Waals surface area contributed by atoms with Gasteiger partial charge in [-0.25, -0.2) is 4.98 Å². The molecule has 5 rings (SSSR count). The fourth-order valence-corrected chi connectivity index (χ4v) is 5.92. The third-order valence-corrected chi connectivity index (χ3v) is 7.51. The molecule has 3 aliphatic heterocycles. The van der Waals surface area contributed by atoms with E-state index in [0.29, 0.717) is 6.04 Å². The van der Waals surface area contributed by atoms with Gasteiger partial charge in [0.1, 0.15) is 11.0 Å². The largest absolute Gasteiger partial charge is 0.359 e. The van der Waals surface area contributed by atoms with Gasteiger partial charge in [0.15, 0.2) is 5.13 Å². The summed E-state index contributed by atoms with van der Waals surface area (Å²) in [6.45, 7) is 5.45. The van der Waals surface area contributed by atoms with Crippen LogP contribution in [0, 0.1) is 0 Å². The van der Waals surface area contributed by atoms with Crippen molar-refractivity contribution in [2.24, 2.45) is 0 Å². The van der Waals surface area contributed by atoms with Crippen LogP contribution in [0.25, 0.3) is 0 Å². The fourth-order valence-electron chi connectivity index (χ4n) is 4.87. The molecule has 29 heavy (non-hydrogen) atoms. The van der Waals surface area contributed by atoms with E-state index in [9.17, 15) is 4.79 Å². The Labute approximate surface area is 176 Å². The summed E-state index contributed by atoms with van der Waals surface area (Å²) in [6, 6.07) is 11.2. The van der Waals surface area contributed by atoms with Gasteiger partial charge in [0.25, 0.3) is 0 Å². The molecular weight excluding hydrogens is 382 g/mol. The summed E-state index contributed by atoms with van der Waals surface area (Å²) in [4.78, 5) is 24.5. The molecule has 0 unspecified atom stereocenters. The number of anilines is 2. The summed E-state index contributed by atoms with van der Waals surface area (Å²) < 4.78 is 0. The number of amides is 1. The normalized spacial score (nSPS) is 25.9. The Kier molecular flexibility index (Phi) is 5.52. The maximum Gasteiger partial charge on any atom is 0.247 e. The van der Waals surface area contributed by atoms with Gasteiger partial charge in [0.2, 0.25) is 5.91 Å². The van der Waals surface area contributed by atoms with E-state index < -0.39 is 0 Å². The average molecular weight is 412 g/mol. The van der Waals surface area contributed by atoms with Crippen LogP contribution in [0.4, 0.5) is 10.1 Å². The van der Waals surface area contributed by atoms with Crippen molar-refractivity contribution in [3.8, 4) is 0 Å². The molecule has 154 valence electrons. The Hall–Kier alpha value is -1.96. The van der Waals surface area contributed by atoms with E-state index in [1.807, 2.05) is 11.1 Å². The second-order valence-electron chi connectivity index (χ2n) is 8.26. The Bertz CT molecular complexity index is 841. The van der Waals surface area contributed by atoms with Crippen LogP contribution in [-0.4, -0.2) is 67.1 Å². The van der Waals surface area contributed by atoms with E-state index in [4.69, 9.17) is 0 Å². The van der Waals surface area contributed by atoms with Crippen molar-refractivity contribution in [1.82, 2.24) is 15.2 Å². The van der Waals surface area contributed by atoms with E-state index >= 15 is 0 Å². The first-order valence-corrected chi connectivity index (χ1v) is 11.6. The van der Waals surface area contributed by atoms with Gasteiger partial charge < -0.3 is 10.2 Å². The van der Waals surface area contributed by atoms with Crippen LogP contribution >= 0.6 is 11.3 Å². The molecule has 0 bridgehead atoms. The van der Waals surface area contributed by atoms with Crippen LogP contribution in [0.5, 0.6) is 0 Å². The Balaban J connectivity index is 1.32. The first kappa shape index (κ1) is 19.0. The maximum absolute atomic E-state index is 13.0. The number of piperidine rings is 1. The topological polar surface area (TPSA) is 51.7 Å². The van der Waals surface area contributed by atoms with Crippen LogP contribution in [0.2, 0.25) is 0 Å². The van der Waals surface area contributed by atoms with Gasteiger partial charge in [-0.05, 0) is 31.2 Å². The number of nitrogens with one attached hydrogen (secondary N) is 1. The number of thiazole rings is 1. The first-order chi connectivity index (χ1) is 14.3. The molecule has 0 aliphatic carbocycles. The van der Waals surface area contributed by atoms with Crippen LogP contribution in [0.1, 0.15) is 24.8 Å². The molecule has 3 fully saturated rings. The molecule has 3 aliphatic rings. The Morgan fingerprint density at radius 3 is 2.90 bits per heavy atom. The number of aromatic nitrogens is 1. The van der Waals surface area contributed by atoms with Crippen molar-refractivity contribution < 1.29 is 4.79 Å². The van der Waals surface area contributed by atoms with E-state index in [1.165, 1.54) is 29.8 Å². The van der Waals surface area contributed by atoms with Crippen molar-refractivity contribution >= 4 is 27.4 Å². The summed E-state index contributed by atoms with van der Waals surface area (Å²) in [5.41, 5.74) is 1.39. The predicted octanol–water partition coefficient (Wildman–Crippen LogP) is 2.37. The summed E-state index contributed by atoms with van der Waals surface area (Å²) in [5.74, 6) is 0.198. The lowest BCUT2D eigenvalue weighted by atomic mass is 9.96. The molecule has 7 heteroatoms. The maximum atomic E-state index is 13.0. The molecule has 1 N–H and O–H groups in total. The van der Waals surface area contributed by atoms with Crippen LogP contribution < -0.4 is 15.1 Å². The van der Waals surface area contributed by atoms with Crippen molar-refractivity contribution in [2.45, 2.75) is 37.8 Å². The number of nitrogens with zero attached hydrogens (tertiary/aromatic N) is 4. The molecule has 0 spiro atoms.